The van der Waals surface area contributed by atoms with Crippen molar-refractivity contribution in [2.24, 2.45) is 0 Å². The molecule has 67 heavy (non-hydrogen) atoms. The fourth-order valence-electron chi connectivity index (χ4n) is 8.13. The van der Waals surface area contributed by atoms with E-state index in [1.54, 1.807) is 0 Å². The summed E-state index contributed by atoms with van der Waals surface area (Å²) in [5.74, 6) is 1.72. The first-order valence-corrected chi connectivity index (χ1v) is 22.6. The molecule has 0 amide bonds. The van der Waals surface area contributed by atoms with Gasteiger partial charge in [0.1, 0.15) is 56.4 Å². The molecular formula is C59H52O8. The van der Waals surface area contributed by atoms with E-state index in [1.807, 2.05) is 212 Å². The summed E-state index contributed by atoms with van der Waals surface area (Å²) in [5, 5.41) is 0. The van der Waals surface area contributed by atoms with Gasteiger partial charge in [0, 0.05) is 23.6 Å². The Bertz CT molecular complexity index is 2770. The number of hydrogen-bond acceptors (Lipinski definition) is 8. The molecule has 8 aromatic carbocycles. The largest absolute Gasteiger partial charge is 0.489 e. The molecule has 1 heterocycles. The number of fused-ring (bicyclic) bond motifs is 1. The molecule has 0 radical (unpaired) electrons. The van der Waals surface area contributed by atoms with E-state index < -0.39 is 18.1 Å². The molecule has 0 bridgehead atoms. The summed E-state index contributed by atoms with van der Waals surface area (Å²) >= 11 is 0. The molecule has 0 spiro atoms. The van der Waals surface area contributed by atoms with Crippen LogP contribution < -0.4 is 23.7 Å². The summed E-state index contributed by atoms with van der Waals surface area (Å²) in [6.07, 6.45) is -1.48. The fourth-order valence-corrected chi connectivity index (χ4v) is 8.13. The van der Waals surface area contributed by atoms with Gasteiger partial charge in [0.05, 0.1) is 13.0 Å². The van der Waals surface area contributed by atoms with E-state index in [-0.39, 0.29) is 32.2 Å². The van der Waals surface area contributed by atoms with Crippen LogP contribution in [0.2, 0.25) is 0 Å². The van der Waals surface area contributed by atoms with Gasteiger partial charge < -0.3 is 33.2 Å². The second-order valence-electron chi connectivity index (χ2n) is 16.4. The van der Waals surface area contributed by atoms with E-state index in [0.29, 0.717) is 54.1 Å². The highest BCUT2D eigenvalue weighted by Crippen LogP contribution is 2.52. The lowest BCUT2D eigenvalue weighted by atomic mass is 9.81. The van der Waals surface area contributed by atoms with Gasteiger partial charge in [-0.25, -0.2) is 0 Å². The molecule has 0 aromatic heterocycles. The number of esters is 1. The molecule has 0 saturated heterocycles. The lowest BCUT2D eigenvalue weighted by molar-refractivity contribution is -0.148. The number of rotatable bonds is 20. The SMILES string of the molecule is O=C(C[C@H]1c2c(OCc3ccccc3)cc(OCc3ccccc3)cc2O[C@H](c2ccc(OCc3ccccc3)c(OCc3ccccc3)c2)[C@@H]1OCc1ccccc1)OCc1ccccc1. The molecule has 0 saturated carbocycles. The van der Waals surface area contributed by atoms with Gasteiger partial charge in [-0.15, -0.1) is 0 Å². The summed E-state index contributed by atoms with van der Waals surface area (Å²) in [7, 11) is 0. The smallest absolute Gasteiger partial charge is 0.306 e. The first-order valence-electron chi connectivity index (χ1n) is 22.6. The standard InChI is InChI=1S/C59H52O8/c60-56(65-41-47-27-15-5-16-28-47)36-51-57-54(64-40-46-25-13-4-14-26-46)34-50(61-37-43-19-7-1-8-20-43)35-55(57)67-58(59(51)66-42-48-29-17-6-18-30-48)49-31-32-52(62-38-44-21-9-2-10-22-44)53(33-49)63-39-45-23-11-3-12-24-45/h1-35,51,58-59H,36-42H2/t51-,58+,59+/m0/s1. The van der Waals surface area contributed by atoms with Crippen molar-refractivity contribution in [3.63, 3.8) is 0 Å². The van der Waals surface area contributed by atoms with Gasteiger partial charge in [-0.05, 0) is 51.1 Å². The maximum absolute atomic E-state index is 14.3. The maximum Gasteiger partial charge on any atom is 0.306 e. The fraction of sp³-hybridized carbons (Fsp3) is 0.169. The predicted molar refractivity (Wildman–Crippen MR) is 258 cm³/mol. The van der Waals surface area contributed by atoms with Crippen LogP contribution in [0, 0.1) is 0 Å². The van der Waals surface area contributed by atoms with Gasteiger partial charge in [0.25, 0.3) is 0 Å². The Kier molecular flexibility index (Phi) is 14.8. The maximum atomic E-state index is 14.3. The van der Waals surface area contributed by atoms with Crippen molar-refractivity contribution in [1.29, 1.82) is 0 Å². The van der Waals surface area contributed by atoms with Crippen LogP contribution >= 0.6 is 0 Å². The van der Waals surface area contributed by atoms with Gasteiger partial charge in [-0.3, -0.25) is 4.79 Å². The zero-order valence-corrected chi connectivity index (χ0v) is 37.2. The van der Waals surface area contributed by atoms with E-state index in [4.69, 9.17) is 33.2 Å². The molecule has 8 nitrogen and oxygen atoms in total. The van der Waals surface area contributed by atoms with Crippen molar-refractivity contribution < 1.29 is 38.0 Å². The van der Waals surface area contributed by atoms with Crippen LogP contribution in [-0.4, -0.2) is 12.1 Å². The minimum Gasteiger partial charge on any atom is -0.489 e. The van der Waals surface area contributed by atoms with Crippen LogP contribution in [0.5, 0.6) is 28.7 Å². The van der Waals surface area contributed by atoms with E-state index >= 15 is 0 Å². The van der Waals surface area contributed by atoms with Crippen molar-refractivity contribution in [2.45, 2.75) is 64.2 Å². The minimum atomic E-state index is -0.739. The third kappa shape index (κ3) is 12.1. The zero-order chi connectivity index (χ0) is 45.5. The quantitative estimate of drug-likeness (QED) is 0.0700. The van der Waals surface area contributed by atoms with Gasteiger partial charge in [-0.1, -0.05) is 188 Å². The molecule has 1 aliphatic heterocycles. The number of benzene rings is 8. The Morgan fingerprint density at radius 1 is 0.418 bits per heavy atom. The Hall–Kier alpha value is -7.81. The molecule has 3 atom stereocenters. The molecule has 0 aliphatic carbocycles. The van der Waals surface area contributed by atoms with Crippen molar-refractivity contribution in [3.8, 4) is 28.7 Å². The molecule has 9 rings (SSSR count). The Balaban J connectivity index is 1.14. The Morgan fingerprint density at radius 3 is 1.36 bits per heavy atom. The first kappa shape index (κ1) is 44.4. The Morgan fingerprint density at radius 2 is 0.851 bits per heavy atom. The van der Waals surface area contributed by atoms with Gasteiger partial charge >= 0.3 is 5.97 Å². The lowest BCUT2D eigenvalue weighted by Gasteiger charge is -2.40. The van der Waals surface area contributed by atoms with Crippen LogP contribution in [0.3, 0.4) is 0 Å². The Labute approximate surface area is 392 Å². The molecule has 0 unspecified atom stereocenters. The summed E-state index contributed by atoms with van der Waals surface area (Å²) in [6, 6.07) is 69.3. The highest BCUT2D eigenvalue weighted by Gasteiger charge is 2.44. The second kappa shape index (κ2) is 22.4. The van der Waals surface area contributed by atoms with Crippen molar-refractivity contribution >= 4 is 5.97 Å². The van der Waals surface area contributed by atoms with Crippen LogP contribution in [0.4, 0.5) is 0 Å². The lowest BCUT2D eigenvalue weighted by Crippen LogP contribution is -2.38. The summed E-state index contributed by atoms with van der Waals surface area (Å²) < 4.78 is 46.5. The number of ether oxygens (including phenoxy) is 7. The summed E-state index contributed by atoms with van der Waals surface area (Å²) in [6.45, 7) is 1.64. The molecule has 0 N–H and O–H groups in total. The minimum absolute atomic E-state index is 0.0271. The summed E-state index contributed by atoms with van der Waals surface area (Å²) in [5.41, 5.74) is 7.35. The molecule has 8 aromatic rings. The zero-order valence-electron chi connectivity index (χ0n) is 37.2. The van der Waals surface area contributed by atoms with E-state index in [2.05, 4.69) is 0 Å². The van der Waals surface area contributed by atoms with Crippen molar-refractivity contribution in [2.75, 3.05) is 0 Å². The van der Waals surface area contributed by atoms with Crippen molar-refractivity contribution in [1.82, 2.24) is 0 Å². The predicted octanol–water partition coefficient (Wildman–Crippen LogP) is 12.9. The van der Waals surface area contributed by atoms with Crippen LogP contribution in [0.15, 0.2) is 212 Å². The topological polar surface area (TPSA) is 81.7 Å². The number of carbonyl (C=O) groups excluding carboxylic acids is 1. The van der Waals surface area contributed by atoms with E-state index in [0.717, 1.165) is 38.9 Å². The third-order valence-electron chi connectivity index (χ3n) is 11.6. The monoisotopic (exact) mass is 888 g/mol. The normalized spacial score (nSPS) is 15.1. The van der Waals surface area contributed by atoms with Gasteiger partial charge in [0.15, 0.2) is 17.6 Å². The highest BCUT2D eigenvalue weighted by molar-refractivity contribution is 5.72. The number of hydrogen-bond donors (Lipinski definition) is 0. The average Bonchev–Trinajstić information content (AvgIpc) is 3.39. The molecule has 0 fully saturated rings. The van der Waals surface area contributed by atoms with Crippen LogP contribution in [0.1, 0.15) is 63.0 Å². The van der Waals surface area contributed by atoms with Crippen LogP contribution in [-0.2, 0) is 53.9 Å². The van der Waals surface area contributed by atoms with Gasteiger partial charge in [0.2, 0.25) is 0 Å². The molecule has 336 valence electrons. The summed E-state index contributed by atoms with van der Waals surface area (Å²) in [4.78, 5) is 14.3. The van der Waals surface area contributed by atoms with E-state index in [1.165, 1.54) is 0 Å². The van der Waals surface area contributed by atoms with Crippen LogP contribution in [0.25, 0.3) is 0 Å². The third-order valence-corrected chi connectivity index (χ3v) is 11.6. The number of carbonyl (C=O) groups is 1. The first-order chi connectivity index (χ1) is 33.1. The highest BCUT2D eigenvalue weighted by atomic mass is 16.6. The van der Waals surface area contributed by atoms with Crippen molar-refractivity contribution in [3.05, 3.63) is 257 Å². The molecule has 8 heteroatoms. The van der Waals surface area contributed by atoms with Gasteiger partial charge in [-0.2, -0.15) is 0 Å². The molecular weight excluding hydrogens is 837 g/mol. The second-order valence-corrected chi connectivity index (χ2v) is 16.4. The molecule has 1 aliphatic rings. The average molecular weight is 889 g/mol. The van der Waals surface area contributed by atoms with E-state index in [9.17, 15) is 4.79 Å².